The third-order valence-electron chi connectivity index (χ3n) is 2.27. The van der Waals surface area contributed by atoms with E-state index in [1.165, 1.54) is 0 Å². The Hall–Kier alpha value is -2.19. The molecule has 7 nitrogen and oxygen atoms in total. The van der Waals surface area contributed by atoms with Crippen LogP contribution >= 0.6 is 0 Å². The molecular weight excluding hydrogens is 272 g/mol. The molecule has 0 saturated heterocycles. The van der Waals surface area contributed by atoms with Crippen LogP contribution < -0.4 is 4.72 Å². The molecule has 2 aromatic heterocycles. The van der Waals surface area contributed by atoms with Gasteiger partial charge < -0.3 is 9.52 Å². The lowest BCUT2D eigenvalue weighted by Crippen LogP contribution is -2.22. The van der Waals surface area contributed by atoms with E-state index in [0.717, 1.165) is 17.7 Å². The Bertz CT molecular complexity index is 678. The molecule has 0 radical (unpaired) electrons. The number of aromatic carboxylic acids is 1. The molecule has 100 valence electrons. The van der Waals surface area contributed by atoms with Gasteiger partial charge in [-0.3, -0.25) is 4.98 Å². The number of nitrogens with zero attached hydrogens (tertiary/aromatic N) is 1. The highest BCUT2D eigenvalue weighted by atomic mass is 32.2. The molecule has 0 aliphatic heterocycles. The summed E-state index contributed by atoms with van der Waals surface area (Å²) in [6.45, 7) is 0.0635. The number of rotatable bonds is 5. The van der Waals surface area contributed by atoms with E-state index < -0.39 is 26.8 Å². The topological polar surface area (TPSA) is 110 Å². The summed E-state index contributed by atoms with van der Waals surface area (Å²) in [5.41, 5.74) is 0.726. The van der Waals surface area contributed by atoms with Crippen molar-refractivity contribution < 1.29 is 22.7 Å². The number of hydrogen-bond acceptors (Lipinski definition) is 5. The second kappa shape index (κ2) is 5.21. The maximum atomic E-state index is 11.8. The number of hydrogen-bond donors (Lipinski definition) is 2. The molecular formula is C11H10N2O5S. The Labute approximate surface area is 108 Å². The SMILES string of the molecule is O=C(O)c1ccc(S(=O)(=O)NCc2ccncc2)o1. The van der Waals surface area contributed by atoms with Crippen LogP contribution in [0.3, 0.4) is 0 Å². The monoisotopic (exact) mass is 282 g/mol. The molecule has 0 bridgehead atoms. The zero-order valence-electron chi connectivity index (χ0n) is 9.61. The molecule has 0 saturated carbocycles. The maximum Gasteiger partial charge on any atom is 0.371 e. The van der Waals surface area contributed by atoms with E-state index in [2.05, 4.69) is 9.71 Å². The van der Waals surface area contributed by atoms with Crippen LogP contribution in [0.2, 0.25) is 0 Å². The Morgan fingerprint density at radius 3 is 2.53 bits per heavy atom. The van der Waals surface area contributed by atoms with Crippen molar-refractivity contribution in [1.82, 2.24) is 9.71 Å². The lowest BCUT2D eigenvalue weighted by atomic mass is 10.3. The van der Waals surface area contributed by atoms with Gasteiger partial charge in [0.2, 0.25) is 10.9 Å². The van der Waals surface area contributed by atoms with Gasteiger partial charge in [0.1, 0.15) is 0 Å². The van der Waals surface area contributed by atoms with Crippen molar-refractivity contribution in [2.75, 3.05) is 0 Å². The Morgan fingerprint density at radius 2 is 1.95 bits per heavy atom. The standard InChI is InChI=1S/C11H10N2O5S/c14-11(15)9-1-2-10(18-9)19(16,17)13-7-8-3-5-12-6-4-8/h1-6,13H,7H2,(H,14,15). The molecule has 2 rings (SSSR count). The first kappa shape index (κ1) is 13.2. The summed E-state index contributed by atoms with van der Waals surface area (Å²) in [6.07, 6.45) is 3.08. The number of furan rings is 1. The summed E-state index contributed by atoms with van der Waals surface area (Å²) in [6, 6.07) is 5.50. The summed E-state index contributed by atoms with van der Waals surface area (Å²) in [5, 5.41) is 8.22. The smallest absolute Gasteiger partial charge is 0.371 e. The van der Waals surface area contributed by atoms with Crippen LogP contribution in [0.1, 0.15) is 16.1 Å². The van der Waals surface area contributed by atoms with Crippen LogP contribution in [-0.4, -0.2) is 24.5 Å². The minimum absolute atomic E-state index is 0.0635. The number of sulfonamides is 1. The molecule has 8 heteroatoms. The number of aromatic nitrogens is 1. The second-order valence-corrected chi connectivity index (χ2v) is 5.30. The highest BCUT2D eigenvalue weighted by Gasteiger charge is 2.20. The van der Waals surface area contributed by atoms with E-state index in [1.54, 1.807) is 24.5 Å². The van der Waals surface area contributed by atoms with Gasteiger partial charge in [-0.1, -0.05) is 0 Å². The third-order valence-corrected chi connectivity index (χ3v) is 3.55. The van der Waals surface area contributed by atoms with Crippen molar-refractivity contribution in [2.24, 2.45) is 0 Å². The van der Waals surface area contributed by atoms with Crippen LogP contribution in [0.4, 0.5) is 0 Å². The predicted octanol–water partition coefficient (Wildman–Crippen LogP) is 0.851. The van der Waals surface area contributed by atoms with Crippen molar-refractivity contribution >= 4 is 16.0 Å². The van der Waals surface area contributed by atoms with Crippen LogP contribution in [0.5, 0.6) is 0 Å². The average molecular weight is 282 g/mol. The lowest BCUT2D eigenvalue weighted by molar-refractivity contribution is 0.0656. The van der Waals surface area contributed by atoms with E-state index in [9.17, 15) is 13.2 Å². The highest BCUT2D eigenvalue weighted by Crippen LogP contribution is 2.14. The fraction of sp³-hybridized carbons (Fsp3) is 0.0909. The average Bonchev–Trinajstić information content (AvgIpc) is 2.88. The lowest BCUT2D eigenvalue weighted by Gasteiger charge is -2.03. The number of carboxylic acid groups (broad SMARTS) is 1. The van der Waals surface area contributed by atoms with Crippen LogP contribution in [0, 0.1) is 0 Å². The molecule has 2 N–H and O–H groups in total. The zero-order valence-corrected chi connectivity index (χ0v) is 10.4. The van der Waals surface area contributed by atoms with E-state index in [1.807, 2.05) is 0 Å². The zero-order chi connectivity index (χ0) is 13.9. The fourth-order valence-electron chi connectivity index (χ4n) is 1.33. The van der Waals surface area contributed by atoms with E-state index in [0.29, 0.717) is 0 Å². The van der Waals surface area contributed by atoms with E-state index in [-0.39, 0.29) is 6.54 Å². The Kier molecular flexibility index (Phi) is 3.63. The number of carbonyl (C=O) groups is 1. The molecule has 0 aromatic carbocycles. The quantitative estimate of drug-likeness (QED) is 0.841. The first-order valence-corrected chi connectivity index (χ1v) is 6.69. The molecule has 0 spiro atoms. The molecule has 19 heavy (non-hydrogen) atoms. The highest BCUT2D eigenvalue weighted by molar-refractivity contribution is 7.89. The third kappa shape index (κ3) is 3.18. The maximum absolute atomic E-state index is 11.8. The second-order valence-electron chi connectivity index (χ2n) is 3.60. The minimum atomic E-state index is -3.87. The van der Waals surface area contributed by atoms with Crippen molar-refractivity contribution in [1.29, 1.82) is 0 Å². The predicted molar refractivity (Wildman–Crippen MR) is 63.9 cm³/mol. The van der Waals surface area contributed by atoms with Gasteiger partial charge in [0.15, 0.2) is 0 Å². The van der Waals surface area contributed by atoms with Gasteiger partial charge in [0.05, 0.1) is 0 Å². The summed E-state index contributed by atoms with van der Waals surface area (Å²) in [7, 11) is -3.87. The number of pyridine rings is 1. The first-order chi connectivity index (χ1) is 8.99. The van der Waals surface area contributed by atoms with Gasteiger partial charge in [-0.2, -0.15) is 0 Å². The van der Waals surface area contributed by atoms with Crippen LogP contribution in [0.25, 0.3) is 0 Å². The van der Waals surface area contributed by atoms with Crippen molar-refractivity contribution in [3.8, 4) is 0 Å². The minimum Gasteiger partial charge on any atom is -0.475 e. The molecule has 0 atom stereocenters. The summed E-state index contributed by atoms with van der Waals surface area (Å²) in [4.78, 5) is 14.4. The van der Waals surface area contributed by atoms with Gasteiger partial charge >= 0.3 is 5.97 Å². The van der Waals surface area contributed by atoms with Gasteiger partial charge in [-0.25, -0.2) is 17.9 Å². The molecule has 0 amide bonds. The number of carboxylic acids is 1. The van der Waals surface area contributed by atoms with Gasteiger partial charge in [-0.05, 0) is 29.8 Å². The first-order valence-electron chi connectivity index (χ1n) is 5.21. The largest absolute Gasteiger partial charge is 0.475 e. The normalized spacial score (nSPS) is 11.4. The van der Waals surface area contributed by atoms with E-state index >= 15 is 0 Å². The molecule has 0 fully saturated rings. The fourth-order valence-corrected chi connectivity index (χ4v) is 2.28. The van der Waals surface area contributed by atoms with Crippen LogP contribution in [-0.2, 0) is 16.6 Å². The molecule has 0 aliphatic rings. The summed E-state index contributed by atoms with van der Waals surface area (Å²) in [5.74, 6) is -1.75. The van der Waals surface area contributed by atoms with E-state index in [4.69, 9.17) is 9.52 Å². The van der Waals surface area contributed by atoms with Gasteiger partial charge in [0.25, 0.3) is 10.0 Å². The summed E-state index contributed by atoms with van der Waals surface area (Å²) >= 11 is 0. The van der Waals surface area contributed by atoms with Gasteiger partial charge in [-0.15, -0.1) is 0 Å². The Balaban J connectivity index is 2.12. The van der Waals surface area contributed by atoms with Gasteiger partial charge in [0, 0.05) is 18.9 Å². The number of nitrogens with one attached hydrogen (secondary N) is 1. The van der Waals surface area contributed by atoms with Crippen molar-refractivity contribution in [2.45, 2.75) is 11.6 Å². The molecule has 0 aliphatic carbocycles. The summed E-state index contributed by atoms with van der Waals surface area (Å²) < 4.78 is 30.7. The Morgan fingerprint density at radius 1 is 1.26 bits per heavy atom. The molecule has 2 heterocycles. The van der Waals surface area contributed by atoms with Crippen LogP contribution in [0.15, 0.2) is 46.2 Å². The van der Waals surface area contributed by atoms with Crippen molar-refractivity contribution in [3.05, 3.63) is 48.0 Å². The molecule has 2 aromatic rings. The molecule has 0 unspecified atom stereocenters. The van der Waals surface area contributed by atoms with Crippen molar-refractivity contribution in [3.63, 3.8) is 0 Å².